The van der Waals surface area contributed by atoms with E-state index in [-0.39, 0.29) is 22.8 Å². The van der Waals surface area contributed by atoms with Gasteiger partial charge in [0.25, 0.3) is 5.69 Å². The average Bonchev–Trinajstić information content (AvgIpc) is 2.26. The van der Waals surface area contributed by atoms with Gasteiger partial charge in [0.1, 0.15) is 0 Å². The number of halogens is 1. The number of non-ortho nitro benzene ring substituents is 1. The van der Waals surface area contributed by atoms with Crippen molar-refractivity contribution in [2.24, 2.45) is 0 Å². The van der Waals surface area contributed by atoms with Crippen LogP contribution >= 0.6 is 15.9 Å². The van der Waals surface area contributed by atoms with Crippen LogP contribution in [0.3, 0.4) is 0 Å². The van der Waals surface area contributed by atoms with Crippen molar-refractivity contribution >= 4 is 21.6 Å². The zero-order valence-electron chi connectivity index (χ0n) is 11.0. The molecule has 1 heterocycles. The van der Waals surface area contributed by atoms with Gasteiger partial charge in [0, 0.05) is 36.2 Å². The zero-order chi connectivity index (χ0) is 14.0. The second-order valence-electron chi connectivity index (χ2n) is 5.03. The molecule has 5 nitrogen and oxygen atoms in total. The molecule has 0 amide bonds. The van der Waals surface area contributed by atoms with E-state index in [1.165, 1.54) is 6.07 Å². The lowest BCUT2D eigenvalue weighted by Crippen LogP contribution is -2.44. The lowest BCUT2D eigenvalue weighted by Gasteiger charge is -2.35. The van der Waals surface area contributed by atoms with Crippen molar-refractivity contribution in [3.63, 3.8) is 0 Å². The van der Waals surface area contributed by atoms with Crippen molar-refractivity contribution < 1.29 is 9.66 Å². The number of morpholine rings is 1. The zero-order valence-corrected chi connectivity index (χ0v) is 12.6. The first-order valence-electron chi connectivity index (χ1n) is 6.25. The summed E-state index contributed by atoms with van der Waals surface area (Å²) >= 11 is 3.32. The van der Waals surface area contributed by atoms with Crippen LogP contribution < -0.4 is 0 Å². The number of rotatable bonds is 3. The standard InChI is InChI=1S/C13H17BrN2O3/c1-9-6-15(7-10(2)19-9)8-11-3-12(14)5-13(4-11)16(17)18/h3-5,9-10H,6-8H2,1-2H3. The third kappa shape index (κ3) is 3.99. The maximum atomic E-state index is 10.9. The predicted molar refractivity (Wildman–Crippen MR) is 76.1 cm³/mol. The third-order valence-corrected chi connectivity index (χ3v) is 3.51. The third-order valence-electron chi connectivity index (χ3n) is 3.05. The van der Waals surface area contributed by atoms with E-state index in [2.05, 4.69) is 20.8 Å². The van der Waals surface area contributed by atoms with E-state index in [0.29, 0.717) is 6.54 Å². The van der Waals surface area contributed by atoms with Crippen LogP contribution in [0.2, 0.25) is 0 Å². The molecular weight excluding hydrogens is 312 g/mol. The van der Waals surface area contributed by atoms with Crippen molar-refractivity contribution in [1.29, 1.82) is 0 Å². The Morgan fingerprint density at radius 1 is 1.37 bits per heavy atom. The van der Waals surface area contributed by atoms with Crippen LogP contribution in [0.4, 0.5) is 5.69 Å². The molecule has 0 radical (unpaired) electrons. The average molecular weight is 329 g/mol. The number of nitrogens with zero attached hydrogens (tertiary/aromatic N) is 2. The Hall–Kier alpha value is -0.980. The topological polar surface area (TPSA) is 55.6 Å². The number of hydrogen-bond donors (Lipinski definition) is 0. The molecule has 2 unspecified atom stereocenters. The maximum Gasteiger partial charge on any atom is 0.270 e. The highest BCUT2D eigenvalue weighted by Crippen LogP contribution is 2.23. The smallest absolute Gasteiger partial charge is 0.270 e. The van der Waals surface area contributed by atoms with Crippen LogP contribution in [0.15, 0.2) is 22.7 Å². The van der Waals surface area contributed by atoms with Gasteiger partial charge in [0.2, 0.25) is 0 Å². The van der Waals surface area contributed by atoms with E-state index in [9.17, 15) is 10.1 Å². The van der Waals surface area contributed by atoms with Crippen molar-refractivity contribution in [2.45, 2.75) is 32.6 Å². The van der Waals surface area contributed by atoms with Crippen molar-refractivity contribution in [3.05, 3.63) is 38.3 Å². The summed E-state index contributed by atoms with van der Waals surface area (Å²) < 4.78 is 6.42. The molecule has 0 spiro atoms. The molecule has 1 aliphatic rings. The molecule has 0 saturated carbocycles. The molecule has 104 valence electrons. The molecule has 19 heavy (non-hydrogen) atoms. The lowest BCUT2D eigenvalue weighted by atomic mass is 10.1. The van der Waals surface area contributed by atoms with Gasteiger partial charge in [-0.15, -0.1) is 0 Å². The SMILES string of the molecule is CC1CN(Cc2cc(Br)cc([N+](=O)[O-])c2)CC(C)O1. The number of nitro benzene ring substituents is 1. The molecule has 2 rings (SSSR count). The largest absolute Gasteiger partial charge is 0.373 e. The predicted octanol–water partition coefficient (Wildman–Crippen LogP) is 2.97. The van der Waals surface area contributed by atoms with Gasteiger partial charge >= 0.3 is 0 Å². The Bertz CT molecular complexity index is 471. The normalized spacial score (nSPS) is 24.4. The second kappa shape index (κ2) is 5.98. The second-order valence-corrected chi connectivity index (χ2v) is 5.94. The van der Waals surface area contributed by atoms with Crippen molar-refractivity contribution in [3.8, 4) is 0 Å². The van der Waals surface area contributed by atoms with Gasteiger partial charge in [-0.3, -0.25) is 15.0 Å². The summed E-state index contributed by atoms with van der Waals surface area (Å²) in [7, 11) is 0. The molecule has 2 atom stereocenters. The monoisotopic (exact) mass is 328 g/mol. The Balaban J connectivity index is 2.12. The number of hydrogen-bond acceptors (Lipinski definition) is 4. The van der Waals surface area contributed by atoms with Gasteiger partial charge in [0.05, 0.1) is 17.1 Å². The molecule has 1 saturated heterocycles. The molecule has 1 aromatic rings. The Kier molecular flexibility index (Phi) is 4.54. The Morgan fingerprint density at radius 2 is 2.00 bits per heavy atom. The van der Waals surface area contributed by atoms with Gasteiger partial charge in [-0.25, -0.2) is 0 Å². The minimum Gasteiger partial charge on any atom is -0.373 e. The summed E-state index contributed by atoms with van der Waals surface area (Å²) in [4.78, 5) is 12.8. The van der Waals surface area contributed by atoms with E-state index in [0.717, 1.165) is 23.1 Å². The molecule has 0 aliphatic carbocycles. The van der Waals surface area contributed by atoms with E-state index in [4.69, 9.17) is 4.74 Å². The quantitative estimate of drug-likeness (QED) is 0.632. The van der Waals surface area contributed by atoms with Gasteiger partial charge in [-0.2, -0.15) is 0 Å². The summed E-state index contributed by atoms with van der Waals surface area (Å²) in [5.74, 6) is 0. The molecule has 1 fully saturated rings. The summed E-state index contributed by atoms with van der Waals surface area (Å²) in [6, 6.07) is 5.08. The van der Waals surface area contributed by atoms with Gasteiger partial charge in [-0.05, 0) is 25.5 Å². The minimum atomic E-state index is -0.362. The highest BCUT2D eigenvalue weighted by atomic mass is 79.9. The summed E-state index contributed by atoms with van der Waals surface area (Å²) in [5, 5.41) is 10.9. The van der Waals surface area contributed by atoms with E-state index < -0.39 is 0 Å². The molecule has 0 N–H and O–H groups in total. The molecular formula is C13H17BrN2O3. The van der Waals surface area contributed by atoms with Crippen LogP contribution in [-0.4, -0.2) is 35.1 Å². The first kappa shape index (κ1) is 14.4. The Morgan fingerprint density at radius 3 is 2.58 bits per heavy atom. The van der Waals surface area contributed by atoms with Crippen molar-refractivity contribution in [1.82, 2.24) is 4.90 Å². The van der Waals surface area contributed by atoms with Crippen LogP contribution in [-0.2, 0) is 11.3 Å². The fourth-order valence-electron chi connectivity index (χ4n) is 2.50. The fraction of sp³-hybridized carbons (Fsp3) is 0.538. The molecule has 1 aromatic carbocycles. The first-order valence-corrected chi connectivity index (χ1v) is 7.05. The fourth-order valence-corrected chi connectivity index (χ4v) is 3.03. The number of nitro groups is 1. The Labute approximate surface area is 120 Å². The van der Waals surface area contributed by atoms with Crippen LogP contribution in [0.25, 0.3) is 0 Å². The minimum absolute atomic E-state index is 0.124. The van der Waals surface area contributed by atoms with Crippen LogP contribution in [0.1, 0.15) is 19.4 Å². The highest BCUT2D eigenvalue weighted by Gasteiger charge is 2.22. The molecule has 0 aromatic heterocycles. The molecule has 6 heteroatoms. The van der Waals surface area contributed by atoms with E-state index in [1.807, 2.05) is 19.9 Å². The van der Waals surface area contributed by atoms with Gasteiger partial charge in [-0.1, -0.05) is 15.9 Å². The van der Waals surface area contributed by atoms with E-state index >= 15 is 0 Å². The number of ether oxygens (including phenoxy) is 1. The van der Waals surface area contributed by atoms with Gasteiger partial charge < -0.3 is 4.74 Å². The molecule has 0 bridgehead atoms. The van der Waals surface area contributed by atoms with Crippen LogP contribution in [0, 0.1) is 10.1 Å². The lowest BCUT2D eigenvalue weighted by molar-refractivity contribution is -0.385. The highest BCUT2D eigenvalue weighted by molar-refractivity contribution is 9.10. The van der Waals surface area contributed by atoms with E-state index in [1.54, 1.807) is 6.07 Å². The summed E-state index contributed by atoms with van der Waals surface area (Å²) in [6.07, 6.45) is 0.400. The summed E-state index contributed by atoms with van der Waals surface area (Å²) in [5.41, 5.74) is 1.07. The summed E-state index contributed by atoms with van der Waals surface area (Å²) in [6.45, 7) is 6.51. The molecule has 1 aliphatic heterocycles. The van der Waals surface area contributed by atoms with Crippen LogP contribution in [0.5, 0.6) is 0 Å². The van der Waals surface area contributed by atoms with Crippen molar-refractivity contribution in [2.75, 3.05) is 13.1 Å². The maximum absolute atomic E-state index is 10.9. The number of benzene rings is 1. The van der Waals surface area contributed by atoms with Gasteiger partial charge in [0.15, 0.2) is 0 Å². The first-order chi connectivity index (χ1) is 8.94.